The molecule has 0 saturated heterocycles. The number of carbonyl (C=O) groups excluding carboxylic acids is 1. The van der Waals surface area contributed by atoms with Gasteiger partial charge in [-0.25, -0.2) is 0 Å². The van der Waals surface area contributed by atoms with Gasteiger partial charge in [0.05, 0.1) is 7.11 Å². The molecule has 29 heavy (non-hydrogen) atoms. The summed E-state index contributed by atoms with van der Waals surface area (Å²) < 4.78 is 7.34. The number of hydrogen-bond acceptors (Lipinski definition) is 2. The van der Waals surface area contributed by atoms with Crippen LogP contribution in [0.4, 0.5) is 0 Å². The molecule has 0 N–H and O–H groups in total. The molecule has 3 aromatic carbocycles. The normalized spacial score (nSPS) is 11.2. The van der Waals surface area contributed by atoms with Gasteiger partial charge in [0, 0.05) is 39.8 Å². The quantitative estimate of drug-likeness (QED) is 0.282. The molecule has 0 atom stereocenters. The number of carbonyl (C=O) groups is 1. The molecule has 4 rings (SSSR count). The van der Waals surface area contributed by atoms with Crippen LogP contribution in [0.3, 0.4) is 0 Å². The Bertz CT molecular complexity index is 1170. The number of benzene rings is 3. The number of fused-ring (bicyclic) bond motifs is 1. The molecular formula is C25H20ClNO2. The summed E-state index contributed by atoms with van der Waals surface area (Å²) >= 11 is 6.00. The SMILES string of the molecule is COc1ccc(C(=O)/C=C/c2cn(Cc3ccc(Cl)cc3)c3ccccc23)cc1. The fraction of sp³-hybridized carbons (Fsp3) is 0.0800. The van der Waals surface area contributed by atoms with Gasteiger partial charge in [0.15, 0.2) is 5.78 Å². The molecule has 0 spiro atoms. The Kier molecular flexibility index (Phi) is 5.50. The lowest BCUT2D eigenvalue weighted by Gasteiger charge is -2.05. The number of hydrogen-bond donors (Lipinski definition) is 0. The number of ether oxygens (including phenoxy) is 1. The number of rotatable bonds is 6. The van der Waals surface area contributed by atoms with E-state index in [1.54, 1.807) is 37.5 Å². The molecule has 0 fully saturated rings. The van der Waals surface area contributed by atoms with Gasteiger partial charge in [0.2, 0.25) is 0 Å². The largest absolute Gasteiger partial charge is 0.497 e. The Morgan fingerprint density at radius 3 is 2.45 bits per heavy atom. The summed E-state index contributed by atoms with van der Waals surface area (Å²) in [4.78, 5) is 12.5. The van der Waals surface area contributed by atoms with Gasteiger partial charge in [0.25, 0.3) is 0 Å². The fourth-order valence-electron chi connectivity index (χ4n) is 3.34. The molecular weight excluding hydrogens is 382 g/mol. The number of para-hydroxylation sites is 1. The zero-order chi connectivity index (χ0) is 20.2. The van der Waals surface area contributed by atoms with Crippen LogP contribution >= 0.6 is 11.6 Å². The van der Waals surface area contributed by atoms with Crippen molar-refractivity contribution in [1.82, 2.24) is 4.57 Å². The van der Waals surface area contributed by atoms with Crippen molar-refractivity contribution in [2.24, 2.45) is 0 Å². The number of aromatic nitrogens is 1. The fourth-order valence-corrected chi connectivity index (χ4v) is 3.47. The maximum absolute atomic E-state index is 12.5. The summed E-state index contributed by atoms with van der Waals surface area (Å²) in [5.74, 6) is 0.693. The highest BCUT2D eigenvalue weighted by Gasteiger charge is 2.08. The van der Waals surface area contributed by atoms with Crippen LogP contribution in [0, 0.1) is 0 Å². The minimum absolute atomic E-state index is 0.0396. The van der Waals surface area contributed by atoms with E-state index in [0.717, 1.165) is 33.8 Å². The summed E-state index contributed by atoms with van der Waals surface area (Å²) in [5, 5.41) is 1.84. The second kappa shape index (κ2) is 8.38. The van der Waals surface area contributed by atoms with E-state index in [2.05, 4.69) is 22.9 Å². The average molecular weight is 402 g/mol. The second-order valence-electron chi connectivity index (χ2n) is 6.78. The molecule has 0 bridgehead atoms. The van der Waals surface area contributed by atoms with Gasteiger partial charge in [-0.05, 0) is 60.2 Å². The van der Waals surface area contributed by atoms with Crippen molar-refractivity contribution in [2.45, 2.75) is 6.54 Å². The summed E-state index contributed by atoms with van der Waals surface area (Å²) in [7, 11) is 1.61. The Balaban J connectivity index is 1.62. The van der Waals surface area contributed by atoms with Crippen LogP contribution in [0.15, 0.2) is 85.1 Å². The van der Waals surface area contributed by atoms with E-state index in [0.29, 0.717) is 5.56 Å². The summed E-state index contributed by atoms with van der Waals surface area (Å²) in [6.07, 6.45) is 5.58. The maximum atomic E-state index is 12.5. The van der Waals surface area contributed by atoms with Gasteiger partial charge in [-0.15, -0.1) is 0 Å². The van der Waals surface area contributed by atoms with Crippen molar-refractivity contribution in [2.75, 3.05) is 7.11 Å². The summed E-state index contributed by atoms with van der Waals surface area (Å²) in [5.41, 5.74) is 3.93. The third kappa shape index (κ3) is 4.25. The Labute approximate surface area is 174 Å². The maximum Gasteiger partial charge on any atom is 0.185 e. The number of allylic oxidation sites excluding steroid dienone is 1. The second-order valence-corrected chi connectivity index (χ2v) is 7.22. The van der Waals surface area contributed by atoms with E-state index in [1.807, 2.05) is 42.5 Å². The smallest absolute Gasteiger partial charge is 0.185 e. The summed E-state index contributed by atoms with van der Waals surface area (Å²) in [6.45, 7) is 0.734. The van der Waals surface area contributed by atoms with Gasteiger partial charge in [-0.1, -0.05) is 41.9 Å². The number of nitrogens with zero attached hydrogens (tertiary/aromatic N) is 1. The number of halogens is 1. The first kappa shape index (κ1) is 19.0. The van der Waals surface area contributed by atoms with E-state index in [1.165, 1.54) is 5.56 Å². The minimum Gasteiger partial charge on any atom is -0.497 e. The highest BCUT2D eigenvalue weighted by molar-refractivity contribution is 6.30. The molecule has 0 aliphatic heterocycles. The van der Waals surface area contributed by atoms with E-state index >= 15 is 0 Å². The Morgan fingerprint density at radius 2 is 1.72 bits per heavy atom. The van der Waals surface area contributed by atoms with Crippen molar-refractivity contribution in [3.05, 3.63) is 107 Å². The molecule has 0 saturated carbocycles. The van der Waals surface area contributed by atoms with E-state index in [4.69, 9.17) is 16.3 Å². The molecule has 0 amide bonds. The predicted octanol–water partition coefficient (Wildman–Crippen LogP) is 6.25. The van der Waals surface area contributed by atoms with Crippen LogP contribution in [0.2, 0.25) is 5.02 Å². The molecule has 3 nitrogen and oxygen atoms in total. The zero-order valence-corrected chi connectivity index (χ0v) is 16.8. The van der Waals surface area contributed by atoms with Crippen LogP contribution in [-0.2, 0) is 6.54 Å². The van der Waals surface area contributed by atoms with Gasteiger partial charge in [-0.2, -0.15) is 0 Å². The van der Waals surface area contributed by atoms with E-state index in [9.17, 15) is 4.79 Å². The molecule has 144 valence electrons. The Morgan fingerprint density at radius 1 is 1.00 bits per heavy atom. The molecule has 0 radical (unpaired) electrons. The first-order valence-electron chi connectivity index (χ1n) is 9.33. The van der Waals surface area contributed by atoms with Gasteiger partial charge >= 0.3 is 0 Å². The van der Waals surface area contributed by atoms with Crippen molar-refractivity contribution >= 4 is 34.4 Å². The summed E-state index contributed by atoms with van der Waals surface area (Å²) in [6, 6.07) is 23.2. The molecule has 0 aliphatic carbocycles. The van der Waals surface area contributed by atoms with Crippen molar-refractivity contribution < 1.29 is 9.53 Å². The highest BCUT2D eigenvalue weighted by atomic mass is 35.5. The third-order valence-electron chi connectivity index (χ3n) is 4.87. The van der Waals surface area contributed by atoms with Crippen LogP contribution in [-0.4, -0.2) is 17.5 Å². The molecule has 1 heterocycles. The first-order valence-corrected chi connectivity index (χ1v) is 9.70. The van der Waals surface area contributed by atoms with Gasteiger partial charge in [-0.3, -0.25) is 4.79 Å². The molecule has 0 aliphatic rings. The van der Waals surface area contributed by atoms with E-state index < -0.39 is 0 Å². The van der Waals surface area contributed by atoms with Gasteiger partial charge < -0.3 is 9.30 Å². The molecule has 1 aromatic heterocycles. The number of methoxy groups -OCH3 is 1. The lowest BCUT2D eigenvalue weighted by atomic mass is 10.1. The third-order valence-corrected chi connectivity index (χ3v) is 5.13. The number of ketones is 1. The predicted molar refractivity (Wildman–Crippen MR) is 119 cm³/mol. The van der Waals surface area contributed by atoms with Crippen LogP contribution in [0.5, 0.6) is 5.75 Å². The lowest BCUT2D eigenvalue weighted by Crippen LogP contribution is -1.97. The van der Waals surface area contributed by atoms with Gasteiger partial charge in [0.1, 0.15) is 5.75 Å². The van der Waals surface area contributed by atoms with Crippen LogP contribution in [0.1, 0.15) is 21.5 Å². The van der Waals surface area contributed by atoms with Crippen LogP contribution < -0.4 is 4.74 Å². The standard InChI is InChI=1S/C25H20ClNO2/c1-29-22-13-8-19(9-14-22)25(28)15-10-20-17-27(24-5-3-2-4-23(20)24)16-18-6-11-21(26)12-7-18/h2-15,17H,16H2,1H3/b15-10+. The van der Waals surface area contributed by atoms with Crippen molar-refractivity contribution in [1.29, 1.82) is 0 Å². The molecule has 4 aromatic rings. The van der Waals surface area contributed by atoms with E-state index in [-0.39, 0.29) is 5.78 Å². The first-order chi connectivity index (χ1) is 14.1. The Hall–Kier alpha value is -3.30. The van der Waals surface area contributed by atoms with Crippen molar-refractivity contribution in [3.63, 3.8) is 0 Å². The molecule has 0 unspecified atom stereocenters. The highest BCUT2D eigenvalue weighted by Crippen LogP contribution is 2.24. The average Bonchev–Trinajstić information content (AvgIpc) is 3.11. The minimum atomic E-state index is -0.0396. The molecule has 4 heteroatoms. The lowest BCUT2D eigenvalue weighted by molar-refractivity contribution is 0.104. The zero-order valence-electron chi connectivity index (χ0n) is 16.0. The monoisotopic (exact) mass is 401 g/mol. The van der Waals surface area contributed by atoms with Crippen molar-refractivity contribution in [3.8, 4) is 5.75 Å². The topological polar surface area (TPSA) is 31.2 Å². The van der Waals surface area contributed by atoms with Crippen LogP contribution in [0.25, 0.3) is 17.0 Å².